The molecule has 1 aliphatic rings. The minimum atomic E-state index is 0.630. The molecule has 1 aromatic rings. The first-order valence-electron chi connectivity index (χ1n) is 5.88. The van der Waals surface area contributed by atoms with Crippen LogP contribution >= 0.6 is 23.4 Å². The number of ether oxygens (including phenoxy) is 1. The van der Waals surface area contributed by atoms with Crippen LogP contribution in [0.5, 0.6) is 5.75 Å². The van der Waals surface area contributed by atoms with Crippen LogP contribution in [0.1, 0.15) is 24.3 Å². The highest BCUT2D eigenvalue weighted by Crippen LogP contribution is 2.39. The number of piperidine rings is 1. The van der Waals surface area contributed by atoms with Crippen molar-refractivity contribution in [2.75, 3.05) is 26.5 Å². The van der Waals surface area contributed by atoms with Gasteiger partial charge in [-0.25, -0.2) is 0 Å². The van der Waals surface area contributed by atoms with Crippen molar-refractivity contribution in [3.05, 3.63) is 22.7 Å². The molecule has 0 saturated carbocycles. The van der Waals surface area contributed by atoms with E-state index in [1.807, 2.05) is 0 Å². The maximum absolute atomic E-state index is 6.28. The molecule has 4 heteroatoms. The molecule has 94 valence electrons. The van der Waals surface area contributed by atoms with E-state index >= 15 is 0 Å². The molecular formula is C13H18ClNOS. The molecule has 0 aromatic heterocycles. The number of methoxy groups -OCH3 is 1. The number of thioether (sulfide) groups is 1. The zero-order valence-electron chi connectivity index (χ0n) is 10.3. The first-order chi connectivity index (χ1) is 8.26. The van der Waals surface area contributed by atoms with Crippen LogP contribution in [0.15, 0.2) is 17.0 Å². The fourth-order valence-electron chi connectivity index (χ4n) is 2.33. The molecule has 0 bridgehead atoms. The molecule has 1 fully saturated rings. The highest BCUT2D eigenvalue weighted by Gasteiger charge is 2.18. The van der Waals surface area contributed by atoms with E-state index in [1.165, 1.54) is 18.4 Å². The van der Waals surface area contributed by atoms with Crippen LogP contribution in [-0.2, 0) is 0 Å². The lowest BCUT2D eigenvalue weighted by Crippen LogP contribution is -2.26. The van der Waals surface area contributed by atoms with Crippen molar-refractivity contribution in [1.82, 2.24) is 5.32 Å². The lowest BCUT2D eigenvalue weighted by atomic mass is 9.90. The largest absolute Gasteiger partial charge is 0.494 e. The summed E-state index contributed by atoms with van der Waals surface area (Å²) < 4.78 is 5.34. The van der Waals surface area contributed by atoms with Crippen molar-refractivity contribution >= 4 is 23.4 Å². The molecule has 1 aliphatic heterocycles. The Kier molecular flexibility index (Phi) is 4.60. The summed E-state index contributed by atoms with van der Waals surface area (Å²) >= 11 is 7.97. The summed E-state index contributed by atoms with van der Waals surface area (Å²) in [6.45, 7) is 2.20. The van der Waals surface area contributed by atoms with Crippen LogP contribution in [0.25, 0.3) is 0 Å². The maximum atomic E-state index is 6.28. The van der Waals surface area contributed by atoms with Gasteiger partial charge in [0.05, 0.1) is 17.0 Å². The van der Waals surface area contributed by atoms with E-state index < -0.39 is 0 Å². The van der Waals surface area contributed by atoms with E-state index in [0.717, 1.165) is 28.8 Å². The first kappa shape index (κ1) is 13.1. The fraction of sp³-hybridized carbons (Fsp3) is 0.538. The summed E-state index contributed by atoms with van der Waals surface area (Å²) in [6, 6.07) is 4.29. The van der Waals surface area contributed by atoms with Crippen molar-refractivity contribution in [2.24, 2.45) is 0 Å². The van der Waals surface area contributed by atoms with Crippen molar-refractivity contribution in [2.45, 2.75) is 23.7 Å². The molecular weight excluding hydrogens is 254 g/mol. The zero-order valence-corrected chi connectivity index (χ0v) is 11.8. The number of halogens is 1. The summed E-state index contributed by atoms with van der Waals surface area (Å²) in [7, 11) is 1.67. The highest BCUT2D eigenvalue weighted by molar-refractivity contribution is 7.98. The molecule has 0 spiro atoms. The van der Waals surface area contributed by atoms with Crippen molar-refractivity contribution in [1.29, 1.82) is 0 Å². The number of hydrogen-bond acceptors (Lipinski definition) is 3. The Labute approximate surface area is 112 Å². The molecule has 1 saturated heterocycles. The number of benzene rings is 1. The molecule has 2 nitrogen and oxygen atoms in total. The Morgan fingerprint density at radius 1 is 1.35 bits per heavy atom. The smallest absolute Gasteiger partial charge is 0.150 e. The molecule has 0 atom stereocenters. The molecule has 0 unspecified atom stereocenters. The first-order valence-corrected chi connectivity index (χ1v) is 7.48. The third-order valence-corrected chi connectivity index (χ3v) is 4.29. The molecule has 0 aliphatic carbocycles. The van der Waals surface area contributed by atoms with Gasteiger partial charge in [0.25, 0.3) is 0 Å². The maximum Gasteiger partial charge on any atom is 0.150 e. The molecule has 17 heavy (non-hydrogen) atoms. The average molecular weight is 272 g/mol. The standard InChI is InChI=1S/C13H18ClNOS/c1-16-13-11(14)7-10(8-12(13)17-2)9-3-5-15-6-4-9/h7-9,15H,3-6H2,1-2H3. The van der Waals surface area contributed by atoms with Crippen LogP contribution in [0.2, 0.25) is 5.02 Å². The SMILES string of the molecule is COc1c(Cl)cc(C2CCNCC2)cc1SC. The predicted octanol–water partition coefficient (Wildman–Crippen LogP) is 3.54. The summed E-state index contributed by atoms with van der Waals surface area (Å²) in [5.74, 6) is 1.43. The molecule has 2 rings (SSSR count). The zero-order chi connectivity index (χ0) is 12.3. The van der Waals surface area contributed by atoms with Crippen molar-refractivity contribution in [3.8, 4) is 5.75 Å². The fourth-order valence-corrected chi connectivity index (χ4v) is 3.32. The van der Waals surface area contributed by atoms with E-state index in [4.69, 9.17) is 16.3 Å². The van der Waals surface area contributed by atoms with Gasteiger partial charge in [-0.15, -0.1) is 11.8 Å². The van der Waals surface area contributed by atoms with E-state index in [0.29, 0.717) is 5.92 Å². The van der Waals surface area contributed by atoms with Gasteiger partial charge in [-0.3, -0.25) is 0 Å². The summed E-state index contributed by atoms with van der Waals surface area (Å²) in [4.78, 5) is 1.13. The van der Waals surface area contributed by atoms with Gasteiger partial charge in [0.2, 0.25) is 0 Å². The molecule has 0 radical (unpaired) electrons. The summed E-state index contributed by atoms with van der Waals surface area (Å²) in [5, 5.41) is 4.12. The second-order valence-corrected chi connectivity index (χ2v) is 5.52. The number of nitrogens with one attached hydrogen (secondary N) is 1. The Morgan fingerprint density at radius 3 is 2.65 bits per heavy atom. The Balaban J connectivity index is 2.31. The Morgan fingerprint density at radius 2 is 2.06 bits per heavy atom. The second kappa shape index (κ2) is 5.98. The monoisotopic (exact) mass is 271 g/mol. The normalized spacial score (nSPS) is 17.1. The van der Waals surface area contributed by atoms with Gasteiger partial charge in [0, 0.05) is 0 Å². The molecule has 1 N–H and O–H groups in total. The molecule has 1 heterocycles. The molecule has 0 amide bonds. The predicted molar refractivity (Wildman–Crippen MR) is 74.6 cm³/mol. The second-order valence-electron chi connectivity index (χ2n) is 4.26. The third kappa shape index (κ3) is 2.90. The van der Waals surface area contributed by atoms with Gasteiger partial charge >= 0.3 is 0 Å². The summed E-state index contributed by atoms with van der Waals surface area (Å²) in [5.41, 5.74) is 1.35. The average Bonchev–Trinajstić information content (AvgIpc) is 2.38. The van der Waals surface area contributed by atoms with Gasteiger partial charge in [0.1, 0.15) is 0 Å². The van der Waals surface area contributed by atoms with Crippen molar-refractivity contribution in [3.63, 3.8) is 0 Å². The van der Waals surface area contributed by atoms with Crippen LogP contribution in [-0.4, -0.2) is 26.5 Å². The van der Waals surface area contributed by atoms with Crippen LogP contribution in [0, 0.1) is 0 Å². The Hall–Kier alpha value is -0.380. The lowest BCUT2D eigenvalue weighted by molar-refractivity contribution is 0.403. The Bertz CT molecular complexity index is 391. The van der Waals surface area contributed by atoms with Gasteiger partial charge in [-0.05, 0) is 55.8 Å². The topological polar surface area (TPSA) is 21.3 Å². The van der Waals surface area contributed by atoms with E-state index in [-0.39, 0.29) is 0 Å². The molecule has 1 aromatic carbocycles. The minimum absolute atomic E-state index is 0.630. The van der Waals surface area contributed by atoms with Crippen LogP contribution < -0.4 is 10.1 Å². The van der Waals surface area contributed by atoms with Gasteiger partial charge in [0.15, 0.2) is 5.75 Å². The van der Waals surface area contributed by atoms with Crippen molar-refractivity contribution < 1.29 is 4.74 Å². The van der Waals surface area contributed by atoms with E-state index in [9.17, 15) is 0 Å². The van der Waals surface area contributed by atoms with E-state index in [2.05, 4.69) is 23.7 Å². The third-order valence-electron chi connectivity index (χ3n) is 3.27. The van der Waals surface area contributed by atoms with Gasteiger partial charge in [-0.1, -0.05) is 11.6 Å². The van der Waals surface area contributed by atoms with E-state index in [1.54, 1.807) is 18.9 Å². The number of hydrogen-bond donors (Lipinski definition) is 1. The summed E-state index contributed by atoms with van der Waals surface area (Å²) in [6.07, 6.45) is 4.44. The highest BCUT2D eigenvalue weighted by atomic mass is 35.5. The van der Waals surface area contributed by atoms with Crippen LogP contribution in [0.3, 0.4) is 0 Å². The lowest BCUT2D eigenvalue weighted by Gasteiger charge is -2.24. The van der Waals surface area contributed by atoms with Gasteiger partial charge in [-0.2, -0.15) is 0 Å². The number of rotatable bonds is 3. The van der Waals surface area contributed by atoms with Crippen LogP contribution in [0.4, 0.5) is 0 Å². The quantitative estimate of drug-likeness (QED) is 0.850. The van der Waals surface area contributed by atoms with Gasteiger partial charge < -0.3 is 10.1 Å². The minimum Gasteiger partial charge on any atom is -0.494 e.